The van der Waals surface area contributed by atoms with Gasteiger partial charge in [0.1, 0.15) is 6.04 Å². The summed E-state index contributed by atoms with van der Waals surface area (Å²) in [6.45, 7) is 2.35. The zero-order valence-electron chi connectivity index (χ0n) is 14.7. The molecule has 140 valence electrons. The molecule has 0 radical (unpaired) electrons. The molecule has 0 bridgehead atoms. The zero-order chi connectivity index (χ0) is 19.0. The van der Waals surface area contributed by atoms with Crippen molar-refractivity contribution in [2.75, 3.05) is 6.54 Å². The largest absolute Gasteiger partial charge is 0.337 e. The molecule has 27 heavy (non-hydrogen) atoms. The summed E-state index contributed by atoms with van der Waals surface area (Å²) in [7, 11) is -3.63. The molecule has 1 fully saturated rings. The number of sulfonamides is 1. The van der Waals surface area contributed by atoms with Gasteiger partial charge in [0.25, 0.3) is 0 Å². The maximum atomic E-state index is 13.1. The molecule has 6 nitrogen and oxygen atoms in total. The molecule has 0 amide bonds. The number of aromatic nitrogens is 2. The summed E-state index contributed by atoms with van der Waals surface area (Å²) in [6, 6.07) is 13.5. The summed E-state index contributed by atoms with van der Waals surface area (Å²) in [4.78, 5) is 4.71. The summed E-state index contributed by atoms with van der Waals surface area (Å²) >= 11 is 5.91. The van der Waals surface area contributed by atoms with Gasteiger partial charge in [-0.15, -0.1) is 0 Å². The summed E-state index contributed by atoms with van der Waals surface area (Å²) in [5, 5.41) is 4.63. The van der Waals surface area contributed by atoms with Gasteiger partial charge in [0.15, 0.2) is 0 Å². The van der Waals surface area contributed by atoms with Crippen molar-refractivity contribution < 1.29 is 12.9 Å². The molecule has 1 saturated heterocycles. The minimum absolute atomic E-state index is 0.275. The number of nitrogens with zero attached hydrogens (tertiary/aromatic N) is 3. The second-order valence-electron chi connectivity index (χ2n) is 6.55. The van der Waals surface area contributed by atoms with Gasteiger partial charge in [0.2, 0.25) is 21.7 Å². The van der Waals surface area contributed by atoms with Crippen molar-refractivity contribution >= 4 is 21.6 Å². The first-order valence-corrected chi connectivity index (χ1v) is 10.4. The molecular formula is C19H18ClN3O3S. The standard InChI is InChI=1S/C19H18ClN3O3S/c1-13-4-10-16(11-5-13)27(24,25)23-12-2-3-17(23)19-21-18(22-26-19)14-6-8-15(20)9-7-14/h4-11,17H,2-3,12H2,1H3. The predicted octanol–water partition coefficient (Wildman–Crippen LogP) is 4.22. The van der Waals surface area contributed by atoms with Gasteiger partial charge < -0.3 is 4.52 Å². The van der Waals surface area contributed by atoms with Gasteiger partial charge in [-0.25, -0.2) is 8.42 Å². The highest BCUT2D eigenvalue weighted by Gasteiger charge is 2.39. The molecule has 0 aliphatic carbocycles. The molecule has 8 heteroatoms. The number of rotatable bonds is 4. The molecule has 1 atom stereocenters. The van der Waals surface area contributed by atoms with E-state index in [0.717, 1.165) is 17.5 Å². The van der Waals surface area contributed by atoms with Crippen molar-refractivity contribution in [2.24, 2.45) is 0 Å². The van der Waals surface area contributed by atoms with Crippen LogP contribution in [0.15, 0.2) is 57.9 Å². The monoisotopic (exact) mass is 403 g/mol. The van der Waals surface area contributed by atoms with Crippen molar-refractivity contribution in [2.45, 2.75) is 30.7 Å². The maximum Gasteiger partial charge on any atom is 0.245 e. The Morgan fingerprint density at radius 3 is 2.52 bits per heavy atom. The predicted molar refractivity (Wildman–Crippen MR) is 102 cm³/mol. The van der Waals surface area contributed by atoms with Crippen LogP contribution in [-0.4, -0.2) is 29.4 Å². The molecule has 1 aliphatic heterocycles. The fourth-order valence-electron chi connectivity index (χ4n) is 3.21. The van der Waals surface area contributed by atoms with Crippen molar-refractivity contribution in [3.05, 3.63) is 65.0 Å². The number of hydrogen-bond acceptors (Lipinski definition) is 5. The third-order valence-corrected chi connectivity index (χ3v) is 6.83. The lowest BCUT2D eigenvalue weighted by molar-refractivity contribution is 0.290. The molecule has 1 aromatic heterocycles. The fraction of sp³-hybridized carbons (Fsp3) is 0.263. The SMILES string of the molecule is Cc1ccc(S(=O)(=O)N2CCCC2c2nc(-c3ccc(Cl)cc3)no2)cc1. The van der Waals surface area contributed by atoms with Crippen LogP contribution in [0.1, 0.15) is 30.3 Å². The van der Waals surface area contributed by atoms with Crippen molar-refractivity contribution in [1.29, 1.82) is 0 Å². The zero-order valence-corrected chi connectivity index (χ0v) is 16.2. The van der Waals surface area contributed by atoms with E-state index < -0.39 is 16.1 Å². The van der Waals surface area contributed by atoms with E-state index in [1.54, 1.807) is 48.5 Å². The van der Waals surface area contributed by atoms with E-state index in [4.69, 9.17) is 16.1 Å². The normalized spacial score (nSPS) is 18.1. The van der Waals surface area contributed by atoms with Gasteiger partial charge >= 0.3 is 0 Å². The molecule has 2 aromatic carbocycles. The third kappa shape index (κ3) is 3.50. The van der Waals surface area contributed by atoms with E-state index in [9.17, 15) is 8.42 Å². The molecule has 2 heterocycles. The van der Waals surface area contributed by atoms with E-state index in [1.807, 2.05) is 6.92 Å². The highest BCUT2D eigenvalue weighted by molar-refractivity contribution is 7.89. The lowest BCUT2D eigenvalue weighted by Gasteiger charge is -2.21. The smallest absolute Gasteiger partial charge is 0.245 e. The molecule has 4 rings (SSSR count). The molecule has 1 aliphatic rings. The van der Waals surface area contributed by atoms with E-state index in [1.165, 1.54) is 4.31 Å². The first-order chi connectivity index (χ1) is 12.9. The van der Waals surface area contributed by atoms with E-state index in [0.29, 0.717) is 29.7 Å². The summed E-state index contributed by atoms with van der Waals surface area (Å²) in [6.07, 6.45) is 1.39. The highest BCUT2D eigenvalue weighted by atomic mass is 35.5. The third-order valence-electron chi connectivity index (χ3n) is 4.66. The molecular weight excluding hydrogens is 386 g/mol. The molecule has 0 spiro atoms. The lowest BCUT2D eigenvalue weighted by atomic mass is 10.2. The van der Waals surface area contributed by atoms with Gasteiger partial charge in [-0.3, -0.25) is 0 Å². The topological polar surface area (TPSA) is 76.3 Å². The van der Waals surface area contributed by atoms with Crippen molar-refractivity contribution in [3.8, 4) is 11.4 Å². The number of hydrogen-bond donors (Lipinski definition) is 0. The molecule has 0 saturated carbocycles. The first kappa shape index (κ1) is 18.2. The summed E-state index contributed by atoms with van der Waals surface area (Å²) in [5.74, 6) is 0.731. The fourth-order valence-corrected chi connectivity index (χ4v) is 4.98. The number of benzene rings is 2. The van der Waals surface area contributed by atoms with Crippen molar-refractivity contribution in [1.82, 2.24) is 14.4 Å². The Hall–Kier alpha value is -2.22. The molecule has 1 unspecified atom stereocenters. The van der Waals surface area contributed by atoms with E-state index >= 15 is 0 Å². The van der Waals surface area contributed by atoms with E-state index in [-0.39, 0.29) is 4.90 Å². The van der Waals surface area contributed by atoms with Gasteiger partial charge in [-0.2, -0.15) is 9.29 Å². The van der Waals surface area contributed by atoms with Gasteiger partial charge in [-0.05, 0) is 56.2 Å². The Balaban J connectivity index is 1.64. The summed E-state index contributed by atoms with van der Waals surface area (Å²) < 4.78 is 33.0. The Morgan fingerprint density at radius 2 is 1.81 bits per heavy atom. The Bertz CT molecular complexity index is 1050. The maximum absolute atomic E-state index is 13.1. The molecule has 0 N–H and O–H groups in total. The van der Waals surface area contributed by atoms with Crippen LogP contribution in [0.2, 0.25) is 5.02 Å². The van der Waals surface area contributed by atoms with Crippen LogP contribution in [0.25, 0.3) is 11.4 Å². The average Bonchev–Trinajstić information content (AvgIpc) is 3.32. The minimum Gasteiger partial charge on any atom is -0.337 e. The van der Waals surface area contributed by atoms with Crippen LogP contribution in [-0.2, 0) is 10.0 Å². The van der Waals surface area contributed by atoms with Crippen LogP contribution in [0.4, 0.5) is 0 Å². The van der Waals surface area contributed by atoms with Gasteiger partial charge in [0.05, 0.1) is 4.90 Å². The van der Waals surface area contributed by atoms with Crippen LogP contribution in [0.3, 0.4) is 0 Å². The van der Waals surface area contributed by atoms with Crippen LogP contribution < -0.4 is 0 Å². The Kier molecular flexibility index (Phi) is 4.75. The Morgan fingerprint density at radius 1 is 1.11 bits per heavy atom. The molecule has 3 aromatic rings. The number of halogens is 1. The first-order valence-electron chi connectivity index (χ1n) is 8.63. The number of aryl methyl sites for hydroxylation is 1. The highest BCUT2D eigenvalue weighted by Crippen LogP contribution is 2.36. The van der Waals surface area contributed by atoms with Crippen LogP contribution in [0.5, 0.6) is 0 Å². The minimum atomic E-state index is -3.63. The van der Waals surface area contributed by atoms with Crippen molar-refractivity contribution in [3.63, 3.8) is 0 Å². The van der Waals surface area contributed by atoms with Gasteiger partial charge in [-0.1, -0.05) is 34.5 Å². The van der Waals surface area contributed by atoms with E-state index in [2.05, 4.69) is 10.1 Å². The van der Waals surface area contributed by atoms with Crippen LogP contribution >= 0.6 is 11.6 Å². The summed E-state index contributed by atoms with van der Waals surface area (Å²) in [5.41, 5.74) is 1.77. The van der Waals surface area contributed by atoms with Gasteiger partial charge in [0, 0.05) is 17.1 Å². The van der Waals surface area contributed by atoms with Crippen LogP contribution in [0, 0.1) is 6.92 Å². The average molecular weight is 404 g/mol. The quantitative estimate of drug-likeness (QED) is 0.651. The second-order valence-corrected chi connectivity index (χ2v) is 8.88. The lowest BCUT2D eigenvalue weighted by Crippen LogP contribution is -2.30. The Labute approximate surface area is 162 Å². The second kappa shape index (κ2) is 7.07.